The first kappa shape index (κ1) is 27.5. The summed E-state index contributed by atoms with van der Waals surface area (Å²) in [4.78, 5) is 25.9. The summed E-state index contributed by atoms with van der Waals surface area (Å²) in [5.74, 6) is 1.03. The molecule has 4 rings (SSSR count). The van der Waals surface area contributed by atoms with Crippen LogP contribution in [0.3, 0.4) is 0 Å². The van der Waals surface area contributed by atoms with Crippen molar-refractivity contribution in [3.8, 4) is 17.2 Å². The minimum absolute atomic E-state index is 0.166. The van der Waals surface area contributed by atoms with Crippen LogP contribution in [0.5, 0.6) is 17.2 Å². The predicted octanol–water partition coefficient (Wildman–Crippen LogP) is 2.51. The molecule has 0 aromatic heterocycles. The summed E-state index contributed by atoms with van der Waals surface area (Å²) in [6.07, 6.45) is -1.68. The number of rotatable bonds is 8. The summed E-state index contributed by atoms with van der Waals surface area (Å²) in [6.45, 7) is 4.53. The van der Waals surface area contributed by atoms with Crippen molar-refractivity contribution in [2.75, 3.05) is 31.1 Å². The highest BCUT2D eigenvalue weighted by Crippen LogP contribution is 2.24. The Morgan fingerprint density at radius 3 is 2.22 bits per heavy atom. The average Bonchev–Trinajstić information content (AvgIpc) is 2.93. The number of aromatic hydroxyl groups is 1. The van der Waals surface area contributed by atoms with Gasteiger partial charge in [-0.15, -0.1) is 0 Å². The third kappa shape index (κ3) is 8.52. The molecule has 1 fully saturated rings. The fraction of sp³-hybridized carbons (Fsp3) is 0.286. The summed E-state index contributed by atoms with van der Waals surface area (Å²) in [7, 11) is 0. The molecule has 0 bridgehead atoms. The van der Waals surface area contributed by atoms with Crippen molar-refractivity contribution in [1.82, 2.24) is 10.2 Å². The lowest BCUT2D eigenvalue weighted by Gasteiger charge is -2.37. The minimum Gasteiger partial charge on any atom is -0.508 e. The molecule has 2 unspecified atom stereocenters. The van der Waals surface area contributed by atoms with Crippen LogP contribution in [0, 0.1) is 0 Å². The first-order valence-electron chi connectivity index (χ1n) is 12.0. The summed E-state index contributed by atoms with van der Waals surface area (Å²) >= 11 is 0. The van der Waals surface area contributed by atoms with Crippen LogP contribution >= 0.6 is 0 Å². The maximum Gasteiger partial charge on any atom is 0.254 e. The number of nitrogens with zero attached hydrogens (tertiary/aromatic N) is 2. The van der Waals surface area contributed by atoms with E-state index in [9.17, 15) is 24.9 Å². The fourth-order valence-electron chi connectivity index (χ4n) is 3.74. The average molecular weight is 508 g/mol. The number of nitrogens with one attached hydrogen (secondary N) is 1. The molecule has 196 valence electrons. The Kier molecular flexibility index (Phi) is 10.3. The first-order chi connectivity index (χ1) is 17.9. The number of aliphatic hydroxyl groups excluding tert-OH is 2. The molecule has 0 saturated carbocycles. The Morgan fingerprint density at radius 2 is 1.62 bits per heavy atom. The molecule has 1 saturated heterocycles. The normalized spacial score (nSPS) is 14.6. The fourth-order valence-corrected chi connectivity index (χ4v) is 3.74. The van der Waals surface area contributed by atoms with Gasteiger partial charge in [0.05, 0.1) is 6.10 Å². The molecule has 2 atom stereocenters. The number of phenols is 1. The van der Waals surface area contributed by atoms with E-state index in [1.165, 1.54) is 6.92 Å². The number of carbonyl (C=O) groups is 2. The van der Waals surface area contributed by atoms with Gasteiger partial charge in [-0.3, -0.25) is 9.59 Å². The summed E-state index contributed by atoms with van der Waals surface area (Å²) in [5, 5.41) is 30.7. The number of amides is 2. The Morgan fingerprint density at radius 1 is 0.946 bits per heavy atom. The Labute approximate surface area is 216 Å². The lowest BCUT2D eigenvalue weighted by molar-refractivity contribution is -0.145. The zero-order valence-electron chi connectivity index (χ0n) is 20.7. The van der Waals surface area contributed by atoms with E-state index < -0.39 is 12.2 Å². The van der Waals surface area contributed by atoms with E-state index in [1.807, 2.05) is 54.6 Å². The van der Waals surface area contributed by atoms with Crippen LogP contribution in [-0.4, -0.2) is 70.9 Å². The van der Waals surface area contributed by atoms with Gasteiger partial charge < -0.3 is 35.2 Å². The third-order valence-corrected chi connectivity index (χ3v) is 5.79. The molecule has 2 amide bonds. The summed E-state index contributed by atoms with van der Waals surface area (Å²) < 4.78 is 5.57. The lowest BCUT2D eigenvalue weighted by Crippen LogP contribution is -2.53. The number of hydrogen-bond donors (Lipinski definition) is 4. The maximum atomic E-state index is 11.9. The lowest BCUT2D eigenvalue weighted by atomic mass is 10.1. The quantitative estimate of drug-likeness (QED) is 0.346. The maximum absolute atomic E-state index is 11.9. The van der Waals surface area contributed by atoms with Gasteiger partial charge in [0.25, 0.3) is 5.91 Å². The highest BCUT2D eigenvalue weighted by molar-refractivity contribution is 5.81. The number of aliphatic hydroxyl groups is 2. The summed E-state index contributed by atoms with van der Waals surface area (Å²) in [5.41, 5.74) is 2.14. The highest BCUT2D eigenvalue weighted by atomic mass is 16.5. The van der Waals surface area contributed by atoms with Crippen LogP contribution in [0.15, 0.2) is 78.9 Å². The molecule has 0 aliphatic carbocycles. The zero-order valence-corrected chi connectivity index (χ0v) is 20.7. The third-order valence-electron chi connectivity index (χ3n) is 5.79. The van der Waals surface area contributed by atoms with Gasteiger partial charge in [-0.05, 0) is 48.9 Å². The molecule has 0 spiro atoms. The molecule has 9 heteroatoms. The second kappa shape index (κ2) is 13.9. The van der Waals surface area contributed by atoms with Gasteiger partial charge in [-0.25, -0.2) is 0 Å². The number of anilines is 1. The largest absolute Gasteiger partial charge is 0.508 e. The molecule has 3 aromatic rings. The second-order valence-corrected chi connectivity index (χ2v) is 8.58. The Balaban J connectivity index is 0.000000206. The smallest absolute Gasteiger partial charge is 0.254 e. The van der Waals surface area contributed by atoms with E-state index in [0.717, 1.165) is 24.3 Å². The van der Waals surface area contributed by atoms with Crippen LogP contribution in [0.1, 0.15) is 12.5 Å². The van der Waals surface area contributed by atoms with Gasteiger partial charge in [0.2, 0.25) is 6.41 Å². The molecule has 1 aliphatic rings. The van der Waals surface area contributed by atoms with Crippen molar-refractivity contribution in [3.63, 3.8) is 0 Å². The van der Waals surface area contributed by atoms with E-state index >= 15 is 0 Å². The number of para-hydroxylation sites is 1. The zero-order chi connectivity index (χ0) is 26.6. The standard InChI is InChI=1S/C14H20N2O3.C14H13NO3/c1-11(17)13(18)14(19)16-9-7-15(8-10-16)12-5-3-2-4-6-12;16-10-15-9-11-4-6-13(7-5-11)18-14-3-1-2-12(17)8-14/h2-6,11,13,17-18H,7-10H2,1H3;1-8,10,17H,9H2,(H,15,16). The van der Waals surface area contributed by atoms with Crippen LogP contribution < -0.4 is 15.0 Å². The monoisotopic (exact) mass is 507 g/mol. The molecule has 37 heavy (non-hydrogen) atoms. The number of phenolic OH excluding ortho intramolecular Hbond substituents is 1. The van der Waals surface area contributed by atoms with Gasteiger partial charge in [0.15, 0.2) is 6.10 Å². The van der Waals surface area contributed by atoms with Crippen LogP contribution in [-0.2, 0) is 16.1 Å². The Hall–Kier alpha value is -4.08. The number of piperazine rings is 1. The van der Waals surface area contributed by atoms with Crippen LogP contribution in [0.4, 0.5) is 5.69 Å². The number of hydrogen-bond acceptors (Lipinski definition) is 7. The molecule has 4 N–H and O–H groups in total. The molecule has 1 aliphatic heterocycles. The van der Waals surface area contributed by atoms with Crippen LogP contribution in [0.2, 0.25) is 0 Å². The molecular weight excluding hydrogens is 474 g/mol. The van der Waals surface area contributed by atoms with Gasteiger partial charge in [-0.1, -0.05) is 36.4 Å². The van der Waals surface area contributed by atoms with Gasteiger partial charge in [-0.2, -0.15) is 0 Å². The second-order valence-electron chi connectivity index (χ2n) is 8.58. The molecular formula is C28H33N3O6. The van der Waals surface area contributed by atoms with E-state index in [0.29, 0.717) is 37.5 Å². The minimum atomic E-state index is -1.32. The molecule has 0 radical (unpaired) electrons. The number of ether oxygens (including phenoxy) is 1. The van der Waals surface area contributed by atoms with Gasteiger partial charge >= 0.3 is 0 Å². The highest BCUT2D eigenvalue weighted by Gasteiger charge is 2.28. The van der Waals surface area contributed by atoms with E-state index in [1.54, 1.807) is 29.2 Å². The van der Waals surface area contributed by atoms with Crippen molar-refractivity contribution >= 4 is 18.0 Å². The van der Waals surface area contributed by atoms with Crippen molar-refractivity contribution < 1.29 is 29.6 Å². The van der Waals surface area contributed by atoms with E-state index in [-0.39, 0.29) is 11.7 Å². The number of benzene rings is 3. The topological polar surface area (TPSA) is 123 Å². The van der Waals surface area contributed by atoms with Crippen molar-refractivity contribution in [2.45, 2.75) is 25.7 Å². The molecule has 9 nitrogen and oxygen atoms in total. The first-order valence-corrected chi connectivity index (χ1v) is 12.0. The molecule has 1 heterocycles. The summed E-state index contributed by atoms with van der Waals surface area (Å²) in [6, 6.07) is 24.0. The van der Waals surface area contributed by atoms with Crippen molar-refractivity contribution in [1.29, 1.82) is 0 Å². The Bertz CT molecular complexity index is 1120. The SMILES string of the molecule is CC(O)C(O)C(=O)N1CCN(c2ccccc2)CC1.O=CNCc1ccc(Oc2cccc(O)c2)cc1. The van der Waals surface area contributed by atoms with E-state index in [2.05, 4.69) is 10.2 Å². The predicted molar refractivity (Wildman–Crippen MR) is 140 cm³/mol. The molecule has 3 aromatic carbocycles. The van der Waals surface area contributed by atoms with Crippen molar-refractivity contribution in [3.05, 3.63) is 84.4 Å². The van der Waals surface area contributed by atoms with Gasteiger partial charge in [0, 0.05) is 44.5 Å². The van der Waals surface area contributed by atoms with E-state index in [4.69, 9.17) is 4.74 Å². The number of carbonyl (C=O) groups excluding carboxylic acids is 2. The van der Waals surface area contributed by atoms with Crippen LogP contribution in [0.25, 0.3) is 0 Å². The van der Waals surface area contributed by atoms with Crippen molar-refractivity contribution in [2.24, 2.45) is 0 Å². The van der Waals surface area contributed by atoms with Gasteiger partial charge in [0.1, 0.15) is 17.2 Å².